The van der Waals surface area contributed by atoms with Crippen molar-refractivity contribution >= 4 is 5.71 Å². The summed E-state index contributed by atoms with van der Waals surface area (Å²) in [6, 6.07) is 0. The number of hydrogen-bond acceptors (Lipinski definition) is 4. The minimum absolute atomic E-state index is 0.0910. The molecule has 1 aliphatic rings. The molecule has 1 atom stereocenters. The molecule has 0 radical (unpaired) electrons. The number of aliphatic hydroxyl groups is 2. The summed E-state index contributed by atoms with van der Waals surface area (Å²) in [6.07, 6.45) is 3.67. The minimum Gasteiger partial charge on any atom is -0.512 e. The van der Waals surface area contributed by atoms with Crippen LogP contribution in [0.2, 0.25) is 0 Å². The zero-order valence-corrected chi connectivity index (χ0v) is 12.1. The molecule has 4 nitrogen and oxygen atoms in total. The Kier molecular flexibility index (Phi) is 5.60. The summed E-state index contributed by atoms with van der Waals surface area (Å²) in [5.74, 6) is 0.234. The first kappa shape index (κ1) is 15.8. The van der Waals surface area contributed by atoms with Crippen LogP contribution in [0.4, 0.5) is 0 Å². The predicted octanol–water partition coefficient (Wildman–Crippen LogP) is 3.34. The van der Waals surface area contributed by atoms with Gasteiger partial charge in [0.15, 0.2) is 0 Å². The molecule has 0 saturated heterocycles. The second kappa shape index (κ2) is 6.75. The maximum absolute atomic E-state index is 10.3. The number of allylic oxidation sites excluding steroid dienone is 1. The molecule has 0 aromatic rings. The van der Waals surface area contributed by atoms with Crippen molar-refractivity contribution in [3.63, 3.8) is 0 Å². The molecule has 1 aliphatic carbocycles. The molecule has 4 heteroatoms. The van der Waals surface area contributed by atoms with Gasteiger partial charge in [-0.25, -0.2) is 0 Å². The van der Waals surface area contributed by atoms with Gasteiger partial charge in [0, 0.05) is 12.0 Å². The number of hydrogen-bond donors (Lipinski definition) is 2. The highest BCUT2D eigenvalue weighted by Crippen LogP contribution is 2.38. The lowest BCUT2D eigenvalue weighted by atomic mass is 9.74. The fourth-order valence-electron chi connectivity index (χ4n) is 2.43. The first-order valence-corrected chi connectivity index (χ1v) is 6.81. The Labute approximate surface area is 115 Å². The van der Waals surface area contributed by atoms with Crippen molar-refractivity contribution in [3.8, 4) is 0 Å². The highest BCUT2D eigenvalue weighted by atomic mass is 16.6. The van der Waals surface area contributed by atoms with Crippen LogP contribution in [0.15, 0.2) is 29.1 Å². The Morgan fingerprint density at radius 3 is 2.79 bits per heavy atom. The Morgan fingerprint density at radius 2 is 2.26 bits per heavy atom. The zero-order chi connectivity index (χ0) is 14.5. The molecule has 1 unspecified atom stereocenters. The lowest BCUT2D eigenvalue weighted by molar-refractivity contribution is 0.111. The van der Waals surface area contributed by atoms with E-state index in [9.17, 15) is 10.2 Å². The smallest absolute Gasteiger partial charge is 0.135 e. The van der Waals surface area contributed by atoms with E-state index < -0.39 is 6.10 Å². The average Bonchev–Trinajstić information content (AvgIpc) is 2.26. The van der Waals surface area contributed by atoms with Crippen molar-refractivity contribution in [1.82, 2.24) is 0 Å². The standard InChI is InChI=1S/C15H25NO3/c1-5-7-11(16-19-8-6-2)14-12(17)9-15(3,4)10-13(14)18/h6,12,17-18H,2,5,7-10H2,1,3-4H3/b16-11-. The van der Waals surface area contributed by atoms with Crippen molar-refractivity contribution in [1.29, 1.82) is 0 Å². The molecule has 1 rings (SSSR count). The molecular weight excluding hydrogens is 242 g/mol. The second-order valence-corrected chi connectivity index (χ2v) is 5.79. The van der Waals surface area contributed by atoms with Gasteiger partial charge in [0.05, 0.1) is 11.8 Å². The number of rotatable bonds is 6. The molecule has 0 aromatic carbocycles. The van der Waals surface area contributed by atoms with E-state index in [2.05, 4.69) is 11.7 Å². The summed E-state index contributed by atoms with van der Waals surface area (Å²) in [5.41, 5.74) is 1.10. The normalized spacial score (nSPS) is 23.4. The third kappa shape index (κ3) is 4.39. The van der Waals surface area contributed by atoms with Gasteiger partial charge in [-0.1, -0.05) is 45.0 Å². The van der Waals surface area contributed by atoms with Gasteiger partial charge in [0.25, 0.3) is 0 Å². The highest BCUT2D eigenvalue weighted by Gasteiger charge is 2.35. The van der Waals surface area contributed by atoms with Gasteiger partial charge in [-0.05, 0) is 18.3 Å². The van der Waals surface area contributed by atoms with Crippen molar-refractivity contribution in [2.75, 3.05) is 6.61 Å². The van der Waals surface area contributed by atoms with E-state index in [1.54, 1.807) is 6.08 Å². The van der Waals surface area contributed by atoms with E-state index in [0.717, 1.165) is 6.42 Å². The van der Waals surface area contributed by atoms with E-state index in [1.165, 1.54) is 0 Å². The monoisotopic (exact) mass is 267 g/mol. The largest absolute Gasteiger partial charge is 0.512 e. The molecule has 2 N–H and O–H groups in total. The summed E-state index contributed by atoms with van der Waals surface area (Å²) < 4.78 is 0. The van der Waals surface area contributed by atoms with E-state index >= 15 is 0 Å². The fourth-order valence-corrected chi connectivity index (χ4v) is 2.43. The first-order chi connectivity index (χ1) is 8.91. The molecule has 0 heterocycles. The van der Waals surface area contributed by atoms with Gasteiger partial charge >= 0.3 is 0 Å². The number of oxime groups is 1. The summed E-state index contributed by atoms with van der Waals surface area (Å²) in [5, 5.41) is 24.5. The summed E-state index contributed by atoms with van der Waals surface area (Å²) in [6.45, 7) is 9.98. The Balaban J connectivity index is 3.00. The van der Waals surface area contributed by atoms with Crippen molar-refractivity contribution in [2.24, 2.45) is 10.6 Å². The van der Waals surface area contributed by atoms with Gasteiger partial charge in [-0.15, -0.1) is 0 Å². The average molecular weight is 267 g/mol. The Hall–Kier alpha value is -1.29. The molecule has 0 spiro atoms. The van der Waals surface area contributed by atoms with Crippen LogP contribution < -0.4 is 0 Å². The topological polar surface area (TPSA) is 62.0 Å². The van der Waals surface area contributed by atoms with Gasteiger partial charge < -0.3 is 15.1 Å². The van der Waals surface area contributed by atoms with Crippen LogP contribution in [0.3, 0.4) is 0 Å². The zero-order valence-electron chi connectivity index (χ0n) is 12.1. The number of nitrogens with zero attached hydrogens (tertiary/aromatic N) is 1. The molecular formula is C15H25NO3. The van der Waals surface area contributed by atoms with E-state index in [1.807, 2.05) is 20.8 Å². The summed E-state index contributed by atoms with van der Waals surface area (Å²) in [4.78, 5) is 5.11. The highest BCUT2D eigenvalue weighted by molar-refractivity contribution is 6.01. The fraction of sp³-hybridized carbons (Fsp3) is 0.667. The van der Waals surface area contributed by atoms with Gasteiger partial charge in [0.2, 0.25) is 0 Å². The van der Waals surface area contributed by atoms with Gasteiger partial charge in [0.1, 0.15) is 12.4 Å². The third-order valence-electron chi connectivity index (χ3n) is 3.20. The van der Waals surface area contributed by atoms with Crippen LogP contribution in [-0.4, -0.2) is 28.6 Å². The van der Waals surface area contributed by atoms with Crippen LogP contribution in [0, 0.1) is 5.41 Å². The van der Waals surface area contributed by atoms with Gasteiger partial charge in [-0.2, -0.15) is 0 Å². The van der Waals surface area contributed by atoms with Crippen molar-refractivity contribution < 1.29 is 15.1 Å². The quantitative estimate of drug-likeness (QED) is 0.336. The Morgan fingerprint density at radius 1 is 1.58 bits per heavy atom. The van der Waals surface area contributed by atoms with Crippen LogP contribution in [0.25, 0.3) is 0 Å². The molecule has 19 heavy (non-hydrogen) atoms. The lowest BCUT2D eigenvalue weighted by Crippen LogP contribution is -2.32. The molecule has 108 valence electrons. The second-order valence-electron chi connectivity index (χ2n) is 5.79. The maximum Gasteiger partial charge on any atom is 0.135 e. The summed E-state index contributed by atoms with van der Waals surface area (Å²) >= 11 is 0. The first-order valence-electron chi connectivity index (χ1n) is 6.81. The molecule has 0 amide bonds. The van der Waals surface area contributed by atoms with E-state index in [0.29, 0.717) is 37.2 Å². The SMILES string of the molecule is C=CCO/N=C(/CCC)C1=C(O)CC(C)(C)CC1O. The van der Waals surface area contributed by atoms with Crippen LogP contribution in [0.1, 0.15) is 46.5 Å². The number of aliphatic hydroxyl groups excluding tert-OH is 2. The molecule has 0 aliphatic heterocycles. The van der Waals surface area contributed by atoms with E-state index in [-0.39, 0.29) is 11.2 Å². The molecule has 0 fully saturated rings. The predicted molar refractivity (Wildman–Crippen MR) is 77.2 cm³/mol. The lowest BCUT2D eigenvalue weighted by Gasteiger charge is -2.34. The van der Waals surface area contributed by atoms with Crippen LogP contribution >= 0.6 is 0 Å². The Bertz CT molecular complexity index is 383. The molecule has 0 aromatic heterocycles. The van der Waals surface area contributed by atoms with Crippen LogP contribution in [-0.2, 0) is 4.84 Å². The van der Waals surface area contributed by atoms with E-state index in [4.69, 9.17) is 4.84 Å². The maximum atomic E-state index is 10.3. The molecule has 0 bridgehead atoms. The van der Waals surface area contributed by atoms with Crippen LogP contribution in [0.5, 0.6) is 0 Å². The molecule has 0 saturated carbocycles. The third-order valence-corrected chi connectivity index (χ3v) is 3.20. The summed E-state index contributed by atoms with van der Waals surface area (Å²) in [7, 11) is 0. The van der Waals surface area contributed by atoms with Gasteiger partial charge in [-0.3, -0.25) is 0 Å². The van der Waals surface area contributed by atoms with Crippen molar-refractivity contribution in [2.45, 2.75) is 52.6 Å². The van der Waals surface area contributed by atoms with Crippen molar-refractivity contribution in [3.05, 3.63) is 24.0 Å². The minimum atomic E-state index is -0.679.